The van der Waals surface area contributed by atoms with Crippen LogP contribution in [0.15, 0.2) is 47.1 Å². The topological polar surface area (TPSA) is 22.4 Å². The van der Waals surface area contributed by atoms with Crippen molar-refractivity contribution in [2.24, 2.45) is 0 Å². The molecule has 0 fully saturated rings. The SMILES string of the molecule is CCOc1coc(Cc2ccccc2)c1. The lowest BCUT2D eigenvalue weighted by atomic mass is 10.1. The number of hydrogen-bond donors (Lipinski definition) is 0. The van der Waals surface area contributed by atoms with Crippen LogP contribution in [0.1, 0.15) is 18.2 Å². The fourth-order valence-corrected chi connectivity index (χ4v) is 1.49. The number of ether oxygens (including phenoxy) is 1. The molecule has 1 aromatic heterocycles. The van der Waals surface area contributed by atoms with Crippen molar-refractivity contribution < 1.29 is 9.15 Å². The smallest absolute Gasteiger partial charge is 0.157 e. The number of benzene rings is 1. The first kappa shape index (κ1) is 9.84. The zero-order valence-corrected chi connectivity index (χ0v) is 8.77. The lowest BCUT2D eigenvalue weighted by Gasteiger charge is -1.96. The highest BCUT2D eigenvalue weighted by atomic mass is 16.5. The summed E-state index contributed by atoms with van der Waals surface area (Å²) in [5.41, 5.74) is 1.25. The van der Waals surface area contributed by atoms with Gasteiger partial charge in [0.1, 0.15) is 12.0 Å². The summed E-state index contributed by atoms with van der Waals surface area (Å²) in [7, 11) is 0. The molecule has 2 nitrogen and oxygen atoms in total. The average Bonchev–Trinajstić information content (AvgIpc) is 2.68. The van der Waals surface area contributed by atoms with E-state index in [1.165, 1.54) is 5.56 Å². The van der Waals surface area contributed by atoms with Crippen LogP contribution in [0.3, 0.4) is 0 Å². The van der Waals surface area contributed by atoms with Crippen molar-refractivity contribution >= 4 is 0 Å². The van der Waals surface area contributed by atoms with E-state index in [0.29, 0.717) is 6.61 Å². The van der Waals surface area contributed by atoms with Gasteiger partial charge in [0.05, 0.1) is 6.61 Å². The summed E-state index contributed by atoms with van der Waals surface area (Å²) in [6.45, 7) is 2.63. The van der Waals surface area contributed by atoms with Gasteiger partial charge >= 0.3 is 0 Å². The third kappa shape index (κ3) is 2.62. The van der Waals surface area contributed by atoms with Gasteiger partial charge in [-0.15, -0.1) is 0 Å². The molecule has 0 aliphatic heterocycles. The lowest BCUT2D eigenvalue weighted by molar-refractivity contribution is 0.335. The monoisotopic (exact) mass is 202 g/mol. The molecule has 0 spiro atoms. The van der Waals surface area contributed by atoms with Crippen LogP contribution in [-0.2, 0) is 6.42 Å². The zero-order chi connectivity index (χ0) is 10.5. The molecule has 0 aliphatic carbocycles. The Kier molecular flexibility index (Phi) is 3.08. The van der Waals surface area contributed by atoms with E-state index in [0.717, 1.165) is 17.9 Å². The molecule has 2 rings (SSSR count). The first-order valence-electron chi connectivity index (χ1n) is 5.12. The quantitative estimate of drug-likeness (QED) is 0.759. The second-order valence-corrected chi connectivity index (χ2v) is 3.34. The molecular formula is C13H14O2. The van der Waals surface area contributed by atoms with Crippen molar-refractivity contribution in [1.82, 2.24) is 0 Å². The Hall–Kier alpha value is -1.70. The maximum atomic E-state index is 5.40. The van der Waals surface area contributed by atoms with E-state index in [4.69, 9.17) is 9.15 Å². The Labute approximate surface area is 89.5 Å². The Bertz CT molecular complexity index is 403. The normalized spacial score (nSPS) is 10.2. The molecule has 0 unspecified atom stereocenters. The predicted molar refractivity (Wildman–Crippen MR) is 59.1 cm³/mol. The van der Waals surface area contributed by atoms with Crippen LogP contribution in [-0.4, -0.2) is 6.61 Å². The molecule has 1 heterocycles. The lowest BCUT2D eigenvalue weighted by Crippen LogP contribution is -1.88. The standard InChI is InChI=1S/C13H14O2/c1-2-14-13-9-12(15-10-13)8-11-6-4-3-5-7-11/h3-7,9-10H,2,8H2,1H3. The van der Waals surface area contributed by atoms with Gasteiger partial charge in [-0.1, -0.05) is 30.3 Å². The van der Waals surface area contributed by atoms with E-state index in [-0.39, 0.29) is 0 Å². The highest BCUT2D eigenvalue weighted by Gasteiger charge is 2.02. The molecule has 0 atom stereocenters. The van der Waals surface area contributed by atoms with Crippen LogP contribution in [0.2, 0.25) is 0 Å². The van der Waals surface area contributed by atoms with Crippen LogP contribution >= 0.6 is 0 Å². The minimum Gasteiger partial charge on any atom is -0.491 e. The first-order chi connectivity index (χ1) is 7.38. The van der Waals surface area contributed by atoms with E-state index in [1.807, 2.05) is 31.2 Å². The van der Waals surface area contributed by atoms with Gasteiger partial charge in [0.2, 0.25) is 0 Å². The first-order valence-corrected chi connectivity index (χ1v) is 5.12. The predicted octanol–water partition coefficient (Wildman–Crippen LogP) is 3.27. The van der Waals surface area contributed by atoms with Crippen LogP contribution < -0.4 is 4.74 Å². The summed E-state index contributed by atoms with van der Waals surface area (Å²) < 4.78 is 10.7. The maximum Gasteiger partial charge on any atom is 0.157 e. The summed E-state index contributed by atoms with van der Waals surface area (Å²) in [5.74, 6) is 1.74. The molecule has 0 radical (unpaired) electrons. The largest absolute Gasteiger partial charge is 0.491 e. The fraction of sp³-hybridized carbons (Fsp3) is 0.231. The molecule has 15 heavy (non-hydrogen) atoms. The van der Waals surface area contributed by atoms with Crippen LogP contribution in [0, 0.1) is 0 Å². The summed E-state index contributed by atoms with van der Waals surface area (Å²) in [6.07, 6.45) is 2.47. The Morgan fingerprint density at radius 3 is 2.73 bits per heavy atom. The highest BCUT2D eigenvalue weighted by Crippen LogP contribution is 2.18. The Morgan fingerprint density at radius 2 is 2.00 bits per heavy atom. The summed E-state index contributed by atoms with van der Waals surface area (Å²) in [6, 6.07) is 12.2. The molecule has 0 amide bonds. The van der Waals surface area contributed by atoms with E-state index in [2.05, 4.69) is 12.1 Å². The minimum atomic E-state index is 0.671. The second-order valence-electron chi connectivity index (χ2n) is 3.34. The zero-order valence-electron chi connectivity index (χ0n) is 8.77. The van der Waals surface area contributed by atoms with E-state index in [1.54, 1.807) is 6.26 Å². The van der Waals surface area contributed by atoms with Crippen molar-refractivity contribution in [3.8, 4) is 5.75 Å². The van der Waals surface area contributed by atoms with Gasteiger partial charge in [0.25, 0.3) is 0 Å². The third-order valence-corrected chi connectivity index (χ3v) is 2.16. The molecule has 0 N–H and O–H groups in total. The molecule has 0 saturated heterocycles. The van der Waals surface area contributed by atoms with Crippen LogP contribution in [0.4, 0.5) is 0 Å². The molecule has 0 bridgehead atoms. The number of furan rings is 1. The molecule has 1 aromatic carbocycles. The highest BCUT2D eigenvalue weighted by molar-refractivity contribution is 5.25. The molecule has 2 aromatic rings. The van der Waals surface area contributed by atoms with E-state index >= 15 is 0 Å². The van der Waals surface area contributed by atoms with Crippen molar-refractivity contribution in [3.05, 3.63) is 54.0 Å². The third-order valence-electron chi connectivity index (χ3n) is 2.16. The van der Waals surface area contributed by atoms with Gasteiger partial charge in [0.15, 0.2) is 5.75 Å². The van der Waals surface area contributed by atoms with Crippen molar-refractivity contribution in [2.45, 2.75) is 13.3 Å². The van der Waals surface area contributed by atoms with Crippen molar-refractivity contribution in [3.63, 3.8) is 0 Å². The number of rotatable bonds is 4. The molecule has 0 aliphatic rings. The van der Waals surface area contributed by atoms with Gasteiger partial charge in [-0.05, 0) is 12.5 Å². The van der Waals surface area contributed by atoms with E-state index < -0.39 is 0 Å². The Morgan fingerprint density at radius 1 is 1.20 bits per heavy atom. The van der Waals surface area contributed by atoms with Gasteiger partial charge < -0.3 is 9.15 Å². The maximum absolute atomic E-state index is 5.40. The van der Waals surface area contributed by atoms with Crippen LogP contribution in [0.25, 0.3) is 0 Å². The van der Waals surface area contributed by atoms with Crippen LogP contribution in [0.5, 0.6) is 5.75 Å². The average molecular weight is 202 g/mol. The summed E-state index contributed by atoms with van der Waals surface area (Å²) in [4.78, 5) is 0. The van der Waals surface area contributed by atoms with Gasteiger partial charge in [-0.3, -0.25) is 0 Å². The molecule has 0 saturated carbocycles. The summed E-state index contributed by atoms with van der Waals surface area (Å²) in [5, 5.41) is 0. The minimum absolute atomic E-state index is 0.671. The van der Waals surface area contributed by atoms with Gasteiger partial charge in [-0.25, -0.2) is 0 Å². The van der Waals surface area contributed by atoms with Gasteiger partial charge in [-0.2, -0.15) is 0 Å². The number of hydrogen-bond acceptors (Lipinski definition) is 2. The molecule has 78 valence electrons. The molecule has 2 heteroatoms. The van der Waals surface area contributed by atoms with Crippen molar-refractivity contribution in [2.75, 3.05) is 6.61 Å². The second kappa shape index (κ2) is 4.69. The van der Waals surface area contributed by atoms with E-state index in [9.17, 15) is 0 Å². The Balaban J connectivity index is 2.05. The van der Waals surface area contributed by atoms with Crippen molar-refractivity contribution in [1.29, 1.82) is 0 Å². The summed E-state index contributed by atoms with van der Waals surface area (Å²) >= 11 is 0. The molecular weight excluding hydrogens is 188 g/mol. The fourth-order valence-electron chi connectivity index (χ4n) is 1.49. The van der Waals surface area contributed by atoms with Gasteiger partial charge in [0, 0.05) is 12.5 Å².